The minimum Gasteiger partial charge on any atom is -0.376 e. The van der Waals surface area contributed by atoms with Gasteiger partial charge in [-0.05, 0) is 36.4 Å². The Balaban J connectivity index is 1.54. The number of amides is 2. The summed E-state index contributed by atoms with van der Waals surface area (Å²) in [5.74, 6) is -2.46. The molecule has 1 unspecified atom stereocenters. The number of halogens is 2. The Hall–Kier alpha value is -2.32. The van der Waals surface area contributed by atoms with Crippen molar-refractivity contribution >= 4 is 23.2 Å². The highest BCUT2D eigenvalue weighted by molar-refractivity contribution is 7.09. The van der Waals surface area contributed by atoms with Crippen LogP contribution in [0.4, 0.5) is 8.78 Å². The Morgan fingerprint density at radius 1 is 1.29 bits per heavy atom. The highest BCUT2D eigenvalue weighted by Gasteiger charge is 2.23. The maximum absolute atomic E-state index is 13.7. The molecule has 1 aliphatic rings. The van der Waals surface area contributed by atoms with Gasteiger partial charge in [0.15, 0.2) is 0 Å². The van der Waals surface area contributed by atoms with E-state index in [9.17, 15) is 18.4 Å². The first-order valence-corrected chi connectivity index (χ1v) is 10.1. The third-order valence-electron chi connectivity index (χ3n) is 4.53. The quantitative estimate of drug-likeness (QED) is 0.729. The largest absolute Gasteiger partial charge is 0.376 e. The van der Waals surface area contributed by atoms with Crippen molar-refractivity contribution in [3.8, 4) is 0 Å². The predicted octanol–water partition coefficient (Wildman–Crippen LogP) is 3.35. The number of benzene rings is 1. The minimum absolute atomic E-state index is 0.0341. The fourth-order valence-electron chi connectivity index (χ4n) is 3.09. The van der Waals surface area contributed by atoms with Gasteiger partial charge in [0.1, 0.15) is 11.6 Å². The molecule has 1 atom stereocenters. The molecule has 0 aliphatic carbocycles. The van der Waals surface area contributed by atoms with E-state index in [4.69, 9.17) is 4.74 Å². The second-order valence-corrected chi connectivity index (χ2v) is 7.65. The summed E-state index contributed by atoms with van der Waals surface area (Å²) in [6, 6.07) is 6.67. The van der Waals surface area contributed by atoms with Crippen LogP contribution in [0.15, 0.2) is 35.7 Å². The molecule has 2 aromatic rings. The maximum Gasteiger partial charge on any atom is 0.254 e. The Bertz CT molecular complexity index is 808. The van der Waals surface area contributed by atoms with Crippen LogP contribution >= 0.6 is 11.3 Å². The molecular formula is C20H22F2N2O3S. The van der Waals surface area contributed by atoms with Crippen LogP contribution in [0.3, 0.4) is 0 Å². The Morgan fingerprint density at radius 3 is 2.82 bits per heavy atom. The lowest BCUT2D eigenvalue weighted by atomic mass is 10.2. The third-order valence-corrected chi connectivity index (χ3v) is 5.39. The lowest BCUT2D eigenvalue weighted by Gasteiger charge is -2.25. The highest BCUT2D eigenvalue weighted by atomic mass is 32.1. The topological polar surface area (TPSA) is 58.6 Å². The van der Waals surface area contributed by atoms with Gasteiger partial charge in [-0.15, -0.1) is 11.3 Å². The molecule has 0 saturated carbocycles. The van der Waals surface area contributed by atoms with Crippen molar-refractivity contribution in [2.75, 3.05) is 19.7 Å². The summed E-state index contributed by atoms with van der Waals surface area (Å²) in [5, 5.41) is 4.48. The molecule has 1 saturated heterocycles. The number of thiophene rings is 1. The summed E-state index contributed by atoms with van der Waals surface area (Å²) >= 11 is 1.58. The fraction of sp³-hybridized carbons (Fsp3) is 0.400. The van der Waals surface area contributed by atoms with E-state index in [1.54, 1.807) is 16.2 Å². The number of ether oxygens (including phenoxy) is 1. The zero-order valence-corrected chi connectivity index (χ0v) is 16.1. The van der Waals surface area contributed by atoms with Crippen LogP contribution in [0.5, 0.6) is 0 Å². The molecule has 28 heavy (non-hydrogen) atoms. The van der Waals surface area contributed by atoms with Gasteiger partial charge in [-0.3, -0.25) is 9.59 Å². The minimum atomic E-state index is -0.929. The van der Waals surface area contributed by atoms with Crippen molar-refractivity contribution in [3.63, 3.8) is 0 Å². The first-order valence-electron chi connectivity index (χ1n) is 9.18. The number of carbonyl (C=O) groups is 2. The average molecular weight is 408 g/mol. The molecule has 3 rings (SSSR count). The Morgan fingerprint density at radius 2 is 2.14 bits per heavy atom. The van der Waals surface area contributed by atoms with Crippen molar-refractivity contribution in [1.29, 1.82) is 0 Å². The second kappa shape index (κ2) is 9.75. The lowest BCUT2D eigenvalue weighted by molar-refractivity contribution is -0.133. The molecule has 1 fully saturated rings. The van der Waals surface area contributed by atoms with Gasteiger partial charge < -0.3 is 15.0 Å². The summed E-state index contributed by atoms with van der Waals surface area (Å²) in [7, 11) is 0. The smallest absolute Gasteiger partial charge is 0.254 e. The summed E-state index contributed by atoms with van der Waals surface area (Å²) in [5.41, 5.74) is -0.247. The fourth-order valence-corrected chi connectivity index (χ4v) is 3.81. The van der Waals surface area contributed by atoms with E-state index in [0.717, 1.165) is 29.9 Å². The zero-order chi connectivity index (χ0) is 19.9. The average Bonchev–Trinajstić information content (AvgIpc) is 3.35. The van der Waals surface area contributed by atoms with Crippen LogP contribution in [-0.4, -0.2) is 42.5 Å². The molecule has 8 heteroatoms. The first kappa shape index (κ1) is 20.4. The molecule has 0 bridgehead atoms. The van der Waals surface area contributed by atoms with Crippen LogP contribution in [0, 0.1) is 11.6 Å². The van der Waals surface area contributed by atoms with Gasteiger partial charge in [-0.25, -0.2) is 8.78 Å². The summed E-state index contributed by atoms with van der Waals surface area (Å²) in [6.07, 6.45) is 2.04. The van der Waals surface area contributed by atoms with Gasteiger partial charge >= 0.3 is 0 Å². The van der Waals surface area contributed by atoms with Gasteiger partial charge in [-0.1, -0.05) is 6.07 Å². The van der Waals surface area contributed by atoms with Crippen molar-refractivity contribution in [2.45, 2.75) is 31.9 Å². The van der Waals surface area contributed by atoms with E-state index >= 15 is 0 Å². The Labute approximate surface area is 166 Å². The van der Waals surface area contributed by atoms with E-state index in [1.807, 2.05) is 17.5 Å². The first-order chi connectivity index (χ1) is 13.5. The van der Waals surface area contributed by atoms with Crippen LogP contribution in [0.1, 0.15) is 34.5 Å². The van der Waals surface area contributed by atoms with Crippen molar-refractivity contribution in [3.05, 3.63) is 57.8 Å². The highest BCUT2D eigenvalue weighted by Crippen LogP contribution is 2.18. The van der Waals surface area contributed by atoms with Crippen LogP contribution in [0.25, 0.3) is 0 Å². The molecule has 2 heterocycles. The number of nitrogens with one attached hydrogen (secondary N) is 1. The number of carbonyl (C=O) groups excluding carboxylic acids is 2. The summed E-state index contributed by atoms with van der Waals surface area (Å²) in [4.78, 5) is 27.5. The molecule has 1 aliphatic heterocycles. The van der Waals surface area contributed by atoms with E-state index in [1.165, 1.54) is 0 Å². The molecule has 5 nitrogen and oxygen atoms in total. The van der Waals surface area contributed by atoms with Crippen molar-refractivity contribution < 1.29 is 23.1 Å². The molecule has 0 spiro atoms. The van der Waals surface area contributed by atoms with Gasteiger partial charge in [-0.2, -0.15) is 0 Å². The number of nitrogens with zero attached hydrogens (tertiary/aromatic N) is 1. The zero-order valence-electron chi connectivity index (χ0n) is 15.3. The number of hydrogen-bond acceptors (Lipinski definition) is 4. The number of rotatable bonds is 8. The van der Waals surface area contributed by atoms with Crippen LogP contribution in [-0.2, 0) is 16.1 Å². The van der Waals surface area contributed by atoms with Gasteiger partial charge in [0, 0.05) is 37.1 Å². The van der Waals surface area contributed by atoms with Gasteiger partial charge in [0.2, 0.25) is 5.91 Å². The lowest BCUT2D eigenvalue weighted by Crippen LogP contribution is -2.38. The Kier molecular flexibility index (Phi) is 7.11. The molecule has 1 aromatic heterocycles. The predicted molar refractivity (Wildman–Crippen MR) is 102 cm³/mol. The van der Waals surface area contributed by atoms with E-state index in [0.29, 0.717) is 25.8 Å². The maximum atomic E-state index is 13.7. The molecule has 150 valence electrons. The summed E-state index contributed by atoms with van der Waals surface area (Å²) in [6.45, 7) is 1.79. The van der Waals surface area contributed by atoms with E-state index in [2.05, 4.69) is 5.32 Å². The normalized spacial score (nSPS) is 16.1. The second-order valence-electron chi connectivity index (χ2n) is 6.62. The molecule has 1 N–H and O–H groups in total. The molecule has 2 amide bonds. The van der Waals surface area contributed by atoms with E-state index in [-0.39, 0.29) is 30.5 Å². The van der Waals surface area contributed by atoms with Crippen molar-refractivity contribution in [2.24, 2.45) is 0 Å². The van der Waals surface area contributed by atoms with Crippen molar-refractivity contribution in [1.82, 2.24) is 10.2 Å². The summed E-state index contributed by atoms with van der Waals surface area (Å²) < 4.78 is 32.3. The van der Waals surface area contributed by atoms with Gasteiger partial charge in [0.05, 0.1) is 18.2 Å². The van der Waals surface area contributed by atoms with Gasteiger partial charge in [0.25, 0.3) is 5.91 Å². The SMILES string of the molecule is O=C(NCCC(=O)N(Cc1cccs1)CC1CCCO1)c1ccc(F)cc1F. The number of hydrogen-bond donors (Lipinski definition) is 1. The van der Waals surface area contributed by atoms with E-state index < -0.39 is 17.5 Å². The molecule has 0 radical (unpaired) electrons. The monoisotopic (exact) mass is 408 g/mol. The standard InChI is InChI=1S/C20H22F2N2O3S/c21-14-5-6-17(18(22)11-14)20(26)23-8-7-19(25)24(12-15-3-1-9-27-15)13-16-4-2-10-28-16/h2,4-6,10-11,15H,1,3,7-9,12-13H2,(H,23,26). The third kappa shape index (κ3) is 5.59. The van der Waals surface area contributed by atoms with Crippen LogP contribution in [0.2, 0.25) is 0 Å². The molecule has 1 aromatic carbocycles. The molecular weight excluding hydrogens is 386 g/mol. The van der Waals surface area contributed by atoms with Crippen LogP contribution < -0.4 is 5.32 Å².